The lowest BCUT2D eigenvalue weighted by Crippen LogP contribution is -2.55. The minimum absolute atomic E-state index is 0.00526. The van der Waals surface area contributed by atoms with Crippen molar-refractivity contribution in [2.24, 2.45) is 17.8 Å². The standard InChI is InChI=1S/C31H53N5O8/c1-8-17(2)27(35(5)25(38)16-32-30(40)26-20-11-12-21(14-20)34-26)23(43-6)15-24(37)36-13-9-10-22(36)28(44-7)18(3)29(39)33-19(4)31(41)42/h17-23,26-28,34H,8-16H2,1-7H3,(H,32,40)(H,33,39)(H,41,42)/t17?,18?,19-,20?,21?,22?,23?,26?,27?,28?/m0/s1. The Morgan fingerprint density at radius 1 is 1.07 bits per heavy atom. The summed E-state index contributed by atoms with van der Waals surface area (Å²) in [6.45, 7) is 7.45. The highest BCUT2D eigenvalue weighted by Crippen LogP contribution is 2.35. The number of ether oxygens (including phenoxy) is 2. The lowest BCUT2D eigenvalue weighted by molar-refractivity contribution is -0.146. The molecule has 3 fully saturated rings. The number of carboxylic acid groups (broad SMARTS) is 1. The fraction of sp³-hybridized carbons (Fsp3) is 0.839. The number of hydrogen-bond acceptors (Lipinski definition) is 8. The molecule has 10 atom stereocenters. The van der Waals surface area contributed by atoms with E-state index in [1.165, 1.54) is 21.1 Å². The first kappa shape index (κ1) is 35.7. The third-order valence-corrected chi connectivity index (χ3v) is 10.1. The Balaban J connectivity index is 1.65. The lowest BCUT2D eigenvalue weighted by Gasteiger charge is -2.39. The molecule has 4 amide bonds. The molecule has 250 valence electrons. The number of carbonyl (C=O) groups is 5. The second-order valence-corrected chi connectivity index (χ2v) is 12.8. The number of hydrogen-bond donors (Lipinski definition) is 4. The Labute approximate surface area is 261 Å². The summed E-state index contributed by atoms with van der Waals surface area (Å²) in [5.41, 5.74) is 0. The predicted molar refractivity (Wildman–Crippen MR) is 162 cm³/mol. The molecule has 2 saturated heterocycles. The number of rotatable bonds is 16. The summed E-state index contributed by atoms with van der Waals surface area (Å²) < 4.78 is 11.6. The van der Waals surface area contributed by atoms with Crippen molar-refractivity contribution in [1.29, 1.82) is 0 Å². The minimum Gasteiger partial charge on any atom is -0.480 e. The van der Waals surface area contributed by atoms with Gasteiger partial charge in [-0.3, -0.25) is 24.0 Å². The summed E-state index contributed by atoms with van der Waals surface area (Å²) in [7, 11) is 4.71. The van der Waals surface area contributed by atoms with Gasteiger partial charge >= 0.3 is 5.97 Å². The zero-order chi connectivity index (χ0) is 32.7. The number of carboxylic acids is 1. The molecule has 2 bridgehead atoms. The molecule has 44 heavy (non-hydrogen) atoms. The van der Waals surface area contributed by atoms with Gasteiger partial charge in [-0.2, -0.15) is 0 Å². The quantitative estimate of drug-likeness (QED) is 0.194. The summed E-state index contributed by atoms with van der Waals surface area (Å²) in [5, 5.41) is 17.8. The molecule has 0 spiro atoms. The molecule has 3 rings (SSSR count). The number of piperidine rings is 1. The summed E-state index contributed by atoms with van der Waals surface area (Å²) in [6, 6.07) is -1.70. The maximum absolute atomic E-state index is 13.8. The van der Waals surface area contributed by atoms with Crippen LogP contribution >= 0.6 is 0 Å². The summed E-state index contributed by atoms with van der Waals surface area (Å²) in [4.78, 5) is 67.3. The Morgan fingerprint density at radius 2 is 1.77 bits per heavy atom. The highest BCUT2D eigenvalue weighted by molar-refractivity contribution is 5.88. The van der Waals surface area contributed by atoms with Crippen LogP contribution in [0.5, 0.6) is 0 Å². The van der Waals surface area contributed by atoms with Crippen molar-refractivity contribution >= 4 is 29.6 Å². The Bertz CT molecular complexity index is 1040. The second-order valence-electron chi connectivity index (χ2n) is 12.8. The molecule has 0 aromatic carbocycles. The monoisotopic (exact) mass is 623 g/mol. The van der Waals surface area contributed by atoms with Crippen LogP contribution in [-0.4, -0.2) is 121 Å². The molecular weight excluding hydrogens is 570 g/mol. The van der Waals surface area contributed by atoms with E-state index in [0.29, 0.717) is 24.9 Å². The van der Waals surface area contributed by atoms with Gasteiger partial charge in [-0.1, -0.05) is 27.2 Å². The van der Waals surface area contributed by atoms with E-state index in [4.69, 9.17) is 9.47 Å². The largest absolute Gasteiger partial charge is 0.480 e. The molecule has 2 aliphatic heterocycles. The lowest BCUT2D eigenvalue weighted by atomic mass is 9.90. The van der Waals surface area contributed by atoms with Gasteiger partial charge in [0.2, 0.25) is 23.6 Å². The minimum atomic E-state index is -1.14. The summed E-state index contributed by atoms with van der Waals surface area (Å²) in [6.07, 6.45) is 4.03. The van der Waals surface area contributed by atoms with Crippen LogP contribution in [0.3, 0.4) is 0 Å². The second kappa shape index (κ2) is 16.0. The van der Waals surface area contributed by atoms with E-state index in [9.17, 15) is 29.1 Å². The average Bonchev–Trinajstić information content (AvgIpc) is 3.77. The zero-order valence-corrected chi connectivity index (χ0v) is 27.3. The number of methoxy groups -OCH3 is 2. The van der Waals surface area contributed by atoms with Gasteiger partial charge in [0.15, 0.2) is 0 Å². The Morgan fingerprint density at radius 3 is 2.32 bits per heavy atom. The van der Waals surface area contributed by atoms with Crippen LogP contribution in [0.2, 0.25) is 0 Å². The van der Waals surface area contributed by atoms with E-state index < -0.39 is 42.1 Å². The van der Waals surface area contributed by atoms with Crippen LogP contribution in [0, 0.1) is 17.8 Å². The van der Waals surface area contributed by atoms with Gasteiger partial charge in [0, 0.05) is 33.9 Å². The van der Waals surface area contributed by atoms with Crippen LogP contribution in [0.1, 0.15) is 72.6 Å². The van der Waals surface area contributed by atoms with Gasteiger partial charge in [-0.05, 0) is 50.9 Å². The molecule has 2 heterocycles. The molecule has 1 aliphatic carbocycles. The van der Waals surface area contributed by atoms with Crippen LogP contribution < -0.4 is 16.0 Å². The van der Waals surface area contributed by atoms with Crippen molar-refractivity contribution in [2.75, 3.05) is 34.4 Å². The number of carbonyl (C=O) groups excluding carboxylic acids is 4. The van der Waals surface area contributed by atoms with Gasteiger partial charge < -0.3 is 40.3 Å². The molecule has 9 unspecified atom stereocenters. The van der Waals surface area contributed by atoms with Crippen LogP contribution in [0.4, 0.5) is 0 Å². The first-order chi connectivity index (χ1) is 20.8. The number of fused-ring (bicyclic) bond motifs is 2. The molecule has 3 aliphatic rings. The van der Waals surface area contributed by atoms with E-state index in [0.717, 1.165) is 32.1 Å². The summed E-state index contributed by atoms with van der Waals surface area (Å²) >= 11 is 0. The molecule has 0 radical (unpaired) electrons. The number of likely N-dealkylation sites (tertiary alicyclic amines) is 1. The maximum atomic E-state index is 13.8. The summed E-state index contributed by atoms with van der Waals surface area (Å²) in [5.74, 6) is -2.53. The number of amides is 4. The van der Waals surface area contributed by atoms with Crippen molar-refractivity contribution in [3.63, 3.8) is 0 Å². The Kier molecular flexibility index (Phi) is 13.0. The molecule has 13 nitrogen and oxygen atoms in total. The maximum Gasteiger partial charge on any atom is 0.325 e. The van der Waals surface area contributed by atoms with Crippen LogP contribution in [0.15, 0.2) is 0 Å². The fourth-order valence-corrected chi connectivity index (χ4v) is 7.28. The number of aliphatic carboxylic acids is 1. The molecular formula is C31H53N5O8. The normalized spacial score (nSPS) is 26.8. The van der Waals surface area contributed by atoms with E-state index in [-0.39, 0.29) is 48.7 Å². The van der Waals surface area contributed by atoms with Crippen molar-refractivity contribution in [3.05, 3.63) is 0 Å². The van der Waals surface area contributed by atoms with Gasteiger partial charge in [-0.15, -0.1) is 0 Å². The fourth-order valence-electron chi connectivity index (χ4n) is 7.28. The molecule has 0 aromatic rings. The van der Waals surface area contributed by atoms with E-state index >= 15 is 0 Å². The number of nitrogens with zero attached hydrogens (tertiary/aromatic N) is 2. The molecule has 4 N–H and O–H groups in total. The van der Waals surface area contributed by atoms with Crippen LogP contribution in [-0.2, 0) is 33.4 Å². The van der Waals surface area contributed by atoms with Crippen molar-refractivity contribution in [2.45, 2.75) is 115 Å². The van der Waals surface area contributed by atoms with Crippen molar-refractivity contribution in [1.82, 2.24) is 25.8 Å². The number of likely N-dealkylation sites (N-methyl/N-ethyl adjacent to an activating group) is 1. The van der Waals surface area contributed by atoms with Gasteiger partial charge in [-0.25, -0.2) is 0 Å². The predicted octanol–water partition coefficient (Wildman–Crippen LogP) is 0.753. The third kappa shape index (κ3) is 8.28. The van der Waals surface area contributed by atoms with Gasteiger partial charge in [0.25, 0.3) is 0 Å². The average molecular weight is 624 g/mol. The van der Waals surface area contributed by atoms with E-state index in [2.05, 4.69) is 16.0 Å². The van der Waals surface area contributed by atoms with Crippen molar-refractivity contribution in [3.8, 4) is 0 Å². The van der Waals surface area contributed by atoms with E-state index in [1.54, 1.807) is 23.8 Å². The van der Waals surface area contributed by atoms with Gasteiger partial charge in [0.1, 0.15) is 6.04 Å². The molecule has 0 aromatic heterocycles. The number of nitrogens with one attached hydrogen (secondary N) is 3. The van der Waals surface area contributed by atoms with E-state index in [1.807, 2.05) is 13.8 Å². The van der Waals surface area contributed by atoms with Crippen LogP contribution in [0.25, 0.3) is 0 Å². The Hall–Kier alpha value is -2.77. The third-order valence-electron chi connectivity index (χ3n) is 10.1. The topological polar surface area (TPSA) is 167 Å². The van der Waals surface area contributed by atoms with Crippen molar-refractivity contribution < 1.29 is 38.6 Å². The highest BCUT2D eigenvalue weighted by atomic mass is 16.5. The zero-order valence-electron chi connectivity index (χ0n) is 27.3. The smallest absolute Gasteiger partial charge is 0.325 e. The molecule has 1 saturated carbocycles. The highest BCUT2D eigenvalue weighted by Gasteiger charge is 2.44. The SMILES string of the molecule is CCC(C)C(C(CC(=O)N1CCCC1C(OC)C(C)C(=O)N[C@@H](C)C(=O)O)OC)N(C)C(=O)CNC(=O)C1NC2CCC1C2. The molecule has 13 heteroatoms. The first-order valence-electron chi connectivity index (χ1n) is 16.0. The first-order valence-corrected chi connectivity index (χ1v) is 16.0. The van der Waals surface area contributed by atoms with Gasteiger partial charge in [0.05, 0.1) is 49.2 Å².